The minimum Gasteiger partial charge on any atom is -0.380 e. The van der Waals surface area contributed by atoms with Crippen LogP contribution in [0.2, 0.25) is 0 Å². The van der Waals surface area contributed by atoms with E-state index >= 15 is 0 Å². The fourth-order valence-corrected chi connectivity index (χ4v) is 2.70. The summed E-state index contributed by atoms with van der Waals surface area (Å²) in [5.74, 6) is -0.875. The molecule has 1 aliphatic heterocycles. The fourth-order valence-electron chi connectivity index (χ4n) is 2.70. The van der Waals surface area contributed by atoms with Crippen molar-refractivity contribution in [1.29, 1.82) is 0 Å². The third-order valence-corrected chi connectivity index (χ3v) is 4.24. The van der Waals surface area contributed by atoms with Gasteiger partial charge in [0.2, 0.25) is 5.91 Å². The predicted octanol–water partition coefficient (Wildman–Crippen LogP) is 3.71. The largest absolute Gasteiger partial charge is 0.417 e. The molecule has 0 bridgehead atoms. The zero-order valence-corrected chi connectivity index (χ0v) is 13.7. The number of nitrogens with zero attached hydrogens (tertiary/aromatic N) is 1. The lowest BCUT2D eigenvalue weighted by molar-refractivity contribution is -0.252. The lowest BCUT2D eigenvalue weighted by Crippen LogP contribution is -2.44. The van der Waals surface area contributed by atoms with E-state index in [1.54, 1.807) is 12.1 Å². The lowest BCUT2D eigenvalue weighted by Gasteiger charge is -2.25. The number of carbonyl (C=O) groups excluding carboxylic acids is 1. The summed E-state index contributed by atoms with van der Waals surface area (Å²) in [4.78, 5) is 14.0. The number of halogens is 3. The fraction of sp³-hybridized carbons (Fsp3) is 0.588. The van der Waals surface area contributed by atoms with Gasteiger partial charge in [0.05, 0.1) is 6.42 Å². The summed E-state index contributed by atoms with van der Waals surface area (Å²) in [5.41, 5.74) is -1.59. The summed E-state index contributed by atoms with van der Waals surface area (Å²) in [5, 5.41) is 11.7. The molecule has 2 rings (SSSR count). The molecule has 0 aromatic heterocycles. The van der Waals surface area contributed by atoms with E-state index in [0.29, 0.717) is 12.6 Å². The van der Waals surface area contributed by atoms with Crippen LogP contribution in [0, 0.1) is 0 Å². The van der Waals surface area contributed by atoms with E-state index in [4.69, 9.17) is 0 Å². The number of amides is 1. The Morgan fingerprint density at radius 2 is 1.67 bits per heavy atom. The van der Waals surface area contributed by atoms with E-state index in [-0.39, 0.29) is 0 Å². The van der Waals surface area contributed by atoms with Crippen LogP contribution < -0.4 is 10.2 Å². The Balaban J connectivity index is 1.95. The highest BCUT2D eigenvalue weighted by Crippen LogP contribution is 2.33. The molecule has 0 aliphatic carbocycles. The van der Waals surface area contributed by atoms with Gasteiger partial charge < -0.3 is 15.3 Å². The number of hydrogen-bond acceptors (Lipinski definition) is 3. The molecule has 1 heterocycles. The molecule has 1 fully saturated rings. The highest BCUT2D eigenvalue weighted by Gasteiger charge is 2.50. The number of alkyl halides is 3. The molecule has 2 N–H and O–H groups in total. The first-order chi connectivity index (χ1) is 11.2. The average Bonchev–Trinajstić information content (AvgIpc) is 2.75. The maximum atomic E-state index is 12.6. The zero-order chi connectivity index (χ0) is 17.8. The summed E-state index contributed by atoms with van der Waals surface area (Å²) in [7, 11) is 0. The Morgan fingerprint density at radius 3 is 2.17 bits per heavy atom. The van der Waals surface area contributed by atoms with Crippen molar-refractivity contribution >= 4 is 17.3 Å². The van der Waals surface area contributed by atoms with Crippen LogP contribution in [0.15, 0.2) is 24.3 Å². The molecular formula is C17H23F3N2O2. The Labute approximate surface area is 139 Å². The second-order valence-corrected chi connectivity index (χ2v) is 6.44. The number of hydrogen-bond donors (Lipinski definition) is 2. The molecule has 1 aliphatic rings. The van der Waals surface area contributed by atoms with Crippen LogP contribution in [-0.2, 0) is 4.79 Å². The van der Waals surface area contributed by atoms with Gasteiger partial charge in [0, 0.05) is 24.5 Å². The van der Waals surface area contributed by atoms with Crippen molar-refractivity contribution in [1.82, 2.24) is 0 Å². The van der Waals surface area contributed by atoms with Gasteiger partial charge in [-0.15, -0.1) is 0 Å². The number of aliphatic hydroxyl groups is 1. The number of nitrogens with one attached hydrogen (secondary N) is 1. The van der Waals surface area contributed by atoms with Gasteiger partial charge in [0.25, 0.3) is 0 Å². The van der Waals surface area contributed by atoms with Gasteiger partial charge in [-0.05, 0) is 44.0 Å². The molecule has 1 aromatic carbocycles. The minimum atomic E-state index is -4.85. The smallest absolute Gasteiger partial charge is 0.380 e. The molecule has 0 unspecified atom stereocenters. The van der Waals surface area contributed by atoms with Crippen LogP contribution in [0.3, 0.4) is 0 Å². The van der Waals surface area contributed by atoms with Gasteiger partial charge >= 0.3 is 6.18 Å². The summed E-state index contributed by atoms with van der Waals surface area (Å²) in [6.45, 7) is 2.56. The molecule has 1 aromatic rings. The standard InChI is InChI=1S/C17H23F3N2O2/c1-16(24,17(18,19)20)12-15(23)21-13-6-8-14(9-7-13)22-10-4-2-3-5-11-22/h6-9,24H,2-5,10-12H2,1H3,(H,21,23)/t16-/m1/s1. The van der Waals surface area contributed by atoms with Crippen LogP contribution >= 0.6 is 0 Å². The number of rotatable bonds is 4. The summed E-state index contributed by atoms with van der Waals surface area (Å²) in [6, 6.07) is 7.03. The van der Waals surface area contributed by atoms with Gasteiger partial charge in [-0.3, -0.25) is 4.79 Å². The molecule has 1 atom stereocenters. The zero-order valence-electron chi connectivity index (χ0n) is 13.7. The Morgan fingerprint density at radius 1 is 1.12 bits per heavy atom. The Hall–Kier alpha value is -1.76. The third kappa shape index (κ3) is 4.87. The SMILES string of the molecule is C[C@@](O)(CC(=O)Nc1ccc(N2CCCCCC2)cc1)C(F)(F)F. The molecular weight excluding hydrogens is 321 g/mol. The lowest BCUT2D eigenvalue weighted by atomic mass is 10.0. The van der Waals surface area contributed by atoms with E-state index in [1.165, 1.54) is 12.8 Å². The van der Waals surface area contributed by atoms with E-state index in [9.17, 15) is 23.1 Å². The van der Waals surface area contributed by atoms with Gasteiger partial charge in [0.1, 0.15) is 0 Å². The van der Waals surface area contributed by atoms with Crippen molar-refractivity contribution in [2.75, 3.05) is 23.3 Å². The van der Waals surface area contributed by atoms with Gasteiger partial charge in [-0.25, -0.2) is 0 Å². The van der Waals surface area contributed by atoms with E-state index in [1.807, 2.05) is 12.1 Å². The van der Waals surface area contributed by atoms with Crippen LogP contribution in [0.1, 0.15) is 39.0 Å². The molecule has 134 valence electrons. The second-order valence-electron chi connectivity index (χ2n) is 6.44. The highest BCUT2D eigenvalue weighted by atomic mass is 19.4. The van der Waals surface area contributed by atoms with Crippen molar-refractivity contribution in [2.45, 2.75) is 50.8 Å². The van der Waals surface area contributed by atoms with Crippen molar-refractivity contribution in [3.8, 4) is 0 Å². The Kier molecular flexibility index (Phi) is 5.74. The molecule has 1 amide bonds. The monoisotopic (exact) mass is 344 g/mol. The first-order valence-electron chi connectivity index (χ1n) is 8.13. The van der Waals surface area contributed by atoms with Crippen molar-refractivity contribution in [3.05, 3.63) is 24.3 Å². The van der Waals surface area contributed by atoms with Gasteiger partial charge in [-0.1, -0.05) is 12.8 Å². The van der Waals surface area contributed by atoms with Gasteiger partial charge in [0.15, 0.2) is 5.60 Å². The van der Waals surface area contributed by atoms with E-state index in [2.05, 4.69) is 10.2 Å². The highest BCUT2D eigenvalue weighted by molar-refractivity contribution is 5.91. The van der Waals surface area contributed by atoms with Crippen molar-refractivity contribution in [2.24, 2.45) is 0 Å². The number of anilines is 2. The summed E-state index contributed by atoms with van der Waals surface area (Å²) < 4.78 is 37.8. The molecule has 1 saturated heterocycles. The normalized spacial score (nSPS) is 18.6. The van der Waals surface area contributed by atoms with Crippen molar-refractivity contribution in [3.63, 3.8) is 0 Å². The Bertz CT molecular complexity index is 548. The topological polar surface area (TPSA) is 52.6 Å². The number of carbonyl (C=O) groups is 1. The first kappa shape index (κ1) is 18.6. The van der Waals surface area contributed by atoms with Crippen LogP contribution in [0.25, 0.3) is 0 Å². The molecule has 4 nitrogen and oxygen atoms in total. The quantitative estimate of drug-likeness (QED) is 0.875. The van der Waals surface area contributed by atoms with Crippen molar-refractivity contribution < 1.29 is 23.1 Å². The first-order valence-corrected chi connectivity index (χ1v) is 8.13. The van der Waals surface area contributed by atoms with Gasteiger partial charge in [-0.2, -0.15) is 13.2 Å². The third-order valence-electron chi connectivity index (χ3n) is 4.24. The predicted molar refractivity (Wildman–Crippen MR) is 87.0 cm³/mol. The van der Waals surface area contributed by atoms with E-state index in [0.717, 1.165) is 31.6 Å². The maximum absolute atomic E-state index is 12.6. The van der Waals surface area contributed by atoms with Crippen LogP contribution in [0.5, 0.6) is 0 Å². The molecule has 7 heteroatoms. The van der Waals surface area contributed by atoms with Crippen LogP contribution in [-0.4, -0.2) is 35.9 Å². The van der Waals surface area contributed by atoms with E-state index < -0.39 is 24.1 Å². The molecule has 0 saturated carbocycles. The summed E-state index contributed by atoms with van der Waals surface area (Å²) >= 11 is 0. The maximum Gasteiger partial charge on any atom is 0.417 e. The summed E-state index contributed by atoms with van der Waals surface area (Å²) in [6.07, 6.45) is -1.14. The molecule has 24 heavy (non-hydrogen) atoms. The second kappa shape index (κ2) is 7.42. The average molecular weight is 344 g/mol. The number of benzene rings is 1. The molecule has 0 spiro atoms. The molecule has 0 radical (unpaired) electrons. The minimum absolute atomic E-state index is 0.413. The van der Waals surface area contributed by atoms with Crippen LogP contribution in [0.4, 0.5) is 24.5 Å².